The number of nitrogens with one attached hydrogen (secondary N) is 1. The first kappa shape index (κ1) is 14.8. The topological polar surface area (TPSA) is 73.6 Å². The van der Waals surface area contributed by atoms with Gasteiger partial charge in [-0.25, -0.2) is 0 Å². The second-order valence-corrected chi connectivity index (χ2v) is 6.97. The van der Waals surface area contributed by atoms with Crippen LogP contribution in [0.2, 0.25) is 0 Å². The molecule has 1 aromatic carbocycles. The molecule has 1 amide bonds. The Balaban J connectivity index is 1.30. The predicted molar refractivity (Wildman–Crippen MR) is 86.4 cm³/mol. The third kappa shape index (κ3) is 2.78. The smallest absolute Gasteiger partial charge is 0.223 e. The third-order valence-electron chi connectivity index (χ3n) is 5.59. The lowest BCUT2D eigenvalue weighted by molar-refractivity contribution is -0.124. The molecule has 1 heterocycles. The first-order valence-electron chi connectivity index (χ1n) is 8.63. The summed E-state index contributed by atoms with van der Waals surface area (Å²) in [5, 5.41) is 3.09. The van der Waals surface area contributed by atoms with Crippen LogP contribution in [0.4, 0.5) is 0 Å². The summed E-state index contributed by atoms with van der Waals surface area (Å²) in [4.78, 5) is 12.3. The summed E-state index contributed by atoms with van der Waals surface area (Å²) >= 11 is 0. The molecular weight excluding hydrogens is 292 g/mol. The molecule has 1 aromatic rings. The van der Waals surface area contributed by atoms with E-state index >= 15 is 0 Å². The molecule has 0 aromatic heterocycles. The molecule has 3 aliphatic rings. The van der Waals surface area contributed by atoms with Crippen molar-refractivity contribution in [2.45, 2.75) is 31.7 Å². The zero-order valence-electron chi connectivity index (χ0n) is 13.3. The molecule has 5 nitrogen and oxygen atoms in total. The maximum Gasteiger partial charge on any atom is 0.223 e. The van der Waals surface area contributed by atoms with Gasteiger partial charge in [0.2, 0.25) is 5.91 Å². The van der Waals surface area contributed by atoms with Crippen LogP contribution in [0.3, 0.4) is 0 Å². The summed E-state index contributed by atoms with van der Waals surface area (Å²) in [5.41, 5.74) is 7.10. The van der Waals surface area contributed by atoms with Gasteiger partial charge in [0.05, 0.1) is 0 Å². The van der Waals surface area contributed by atoms with E-state index in [0.29, 0.717) is 37.6 Å². The van der Waals surface area contributed by atoms with Crippen LogP contribution in [0.15, 0.2) is 18.2 Å². The van der Waals surface area contributed by atoms with Crippen molar-refractivity contribution >= 4 is 5.91 Å². The van der Waals surface area contributed by atoms with E-state index < -0.39 is 0 Å². The number of hydrogen-bond donors (Lipinski definition) is 2. The molecule has 2 fully saturated rings. The van der Waals surface area contributed by atoms with Crippen molar-refractivity contribution in [1.82, 2.24) is 5.32 Å². The molecule has 2 saturated carbocycles. The fourth-order valence-electron chi connectivity index (χ4n) is 4.29. The Morgan fingerprint density at radius 2 is 2.09 bits per heavy atom. The van der Waals surface area contributed by atoms with Crippen LogP contribution >= 0.6 is 0 Å². The quantitative estimate of drug-likeness (QED) is 0.883. The average Bonchev–Trinajstić information content (AvgIpc) is 2.92. The first-order chi connectivity index (χ1) is 11.2. The number of rotatable bonds is 4. The summed E-state index contributed by atoms with van der Waals surface area (Å²) in [7, 11) is 0. The van der Waals surface area contributed by atoms with Crippen LogP contribution < -0.4 is 20.5 Å². The van der Waals surface area contributed by atoms with Crippen LogP contribution in [0.1, 0.15) is 24.8 Å². The molecule has 3 N–H and O–H groups in total. The molecule has 0 radical (unpaired) electrons. The fraction of sp³-hybridized carbons (Fsp3) is 0.611. The van der Waals surface area contributed by atoms with E-state index in [1.165, 1.54) is 0 Å². The van der Waals surface area contributed by atoms with Crippen LogP contribution in [0.5, 0.6) is 11.5 Å². The monoisotopic (exact) mass is 316 g/mol. The van der Waals surface area contributed by atoms with Gasteiger partial charge in [-0.3, -0.25) is 4.79 Å². The number of hydrogen-bond acceptors (Lipinski definition) is 4. The standard InChI is InChI=1S/C18H24N2O3/c19-15-10-12-8-13(9-14(12)15)18(21)20-5-4-11-2-1-3-16-17(11)23-7-6-22-16/h1-3,12-15H,4-10,19H2,(H,20,21). The molecule has 0 saturated heterocycles. The Bertz CT molecular complexity index is 604. The van der Waals surface area contributed by atoms with Crippen molar-refractivity contribution in [2.24, 2.45) is 23.5 Å². The number of benzene rings is 1. The normalized spacial score (nSPS) is 31.2. The lowest BCUT2D eigenvalue weighted by Gasteiger charge is -2.37. The van der Waals surface area contributed by atoms with E-state index in [1.807, 2.05) is 18.2 Å². The molecule has 1 aliphatic heterocycles. The summed E-state index contributed by atoms with van der Waals surface area (Å²) < 4.78 is 11.3. The van der Waals surface area contributed by atoms with Crippen LogP contribution in [0.25, 0.3) is 0 Å². The third-order valence-corrected chi connectivity index (χ3v) is 5.59. The highest BCUT2D eigenvalue weighted by molar-refractivity contribution is 5.79. The van der Waals surface area contributed by atoms with Gasteiger partial charge in [0.1, 0.15) is 13.2 Å². The van der Waals surface area contributed by atoms with E-state index in [2.05, 4.69) is 5.32 Å². The second-order valence-electron chi connectivity index (χ2n) is 6.97. The van der Waals surface area contributed by atoms with Crippen LogP contribution in [-0.2, 0) is 11.2 Å². The van der Waals surface area contributed by atoms with E-state index in [-0.39, 0.29) is 11.8 Å². The van der Waals surface area contributed by atoms with Crippen molar-refractivity contribution in [3.63, 3.8) is 0 Å². The zero-order valence-corrected chi connectivity index (χ0v) is 13.3. The lowest BCUT2D eigenvalue weighted by atomic mass is 9.72. The molecule has 2 aliphatic carbocycles. The highest BCUT2D eigenvalue weighted by Crippen LogP contribution is 2.48. The van der Waals surface area contributed by atoms with Crippen molar-refractivity contribution in [3.05, 3.63) is 23.8 Å². The Kier molecular flexibility index (Phi) is 3.89. The summed E-state index contributed by atoms with van der Waals surface area (Å²) in [6.07, 6.45) is 3.84. The van der Waals surface area contributed by atoms with Gasteiger partial charge in [0.15, 0.2) is 11.5 Å². The second kappa shape index (κ2) is 6.04. The van der Waals surface area contributed by atoms with Gasteiger partial charge in [0, 0.05) is 18.5 Å². The maximum absolute atomic E-state index is 12.3. The average molecular weight is 316 g/mol. The van der Waals surface area contributed by atoms with Crippen molar-refractivity contribution in [1.29, 1.82) is 0 Å². The minimum Gasteiger partial charge on any atom is -0.486 e. The predicted octanol–water partition coefficient (Wildman–Crippen LogP) is 1.49. The van der Waals surface area contributed by atoms with Gasteiger partial charge >= 0.3 is 0 Å². The van der Waals surface area contributed by atoms with Crippen LogP contribution in [0, 0.1) is 17.8 Å². The van der Waals surface area contributed by atoms with E-state index in [9.17, 15) is 4.79 Å². The Morgan fingerprint density at radius 1 is 1.22 bits per heavy atom. The first-order valence-corrected chi connectivity index (χ1v) is 8.63. The van der Waals surface area contributed by atoms with Gasteiger partial charge in [-0.1, -0.05) is 12.1 Å². The molecule has 23 heavy (non-hydrogen) atoms. The number of carbonyl (C=O) groups excluding carboxylic acids is 1. The summed E-state index contributed by atoms with van der Waals surface area (Å²) in [5.74, 6) is 3.25. The summed E-state index contributed by atoms with van der Waals surface area (Å²) in [6.45, 7) is 1.82. The summed E-state index contributed by atoms with van der Waals surface area (Å²) in [6, 6.07) is 6.26. The number of para-hydroxylation sites is 1. The fourth-order valence-corrected chi connectivity index (χ4v) is 4.29. The Hall–Kier alpha value is -1.75. The maximum atomic E-state index is 12.3. The van der Waals surface area contributed by atoms with Gasteiger partial charge in [-0.05, 0) is 49.1 Å². The molecular formula is C18H24N2O3. The van der Waals surface area contributed by atoms with E-state index in [4.69, 9.17) is 15.2 Å². The zero-order chi connectivity index (χ0) is 15.8. The Labute approximate surface area is 136 Å². The van der Waals surface area contributed by atoms with Crippen molar-refractivity contribution in [3.8, 4) is 11.5 Å². The molecule has 4 rings (SSSR count). The Morgan fingerprint density at radius 3 is 2.91 bits per heavy atom. The molecule has 124 valence electrons. The highest BCUT2D eigenvalue weighted by atomic mass is 16.6. The SMILES string of the molecule is NC1CC2CC(C(=O)NCCc3cccc4c3OCCO4)CC12. The molecule has 4 unspecified atom stereocenters. The largest absolute Gasteiger partial charge is 0.486 e. The molecule has 0 bridgehead atoms. The van der Waals surface area contributed by atoms with E-state index in [1.54, 1.807) is 0 Å². The van der Waals surface area contributed by atoms with Crippen LogP contribution in [-0.4, -0.2) is 31.7 Å². The van der Waals surface area contributed by atoms with Crippen molar-refractivity contribution < 1.29 is 14.3 Å². The number of amides is 1. The number of nitrogens with two attached hydrogens (primary N) is 1. The lowest BCUT2D eigenvalue weighted by Crippen LogP contribution is -2.44. The minimum absolute atomic E-state index is 0.155. The molecule has 5 heteroatoms. The molecule has 4 atom stereocenters. The van der Waals surface area contributed by atoms with Gasteiger partial charge in [-0.15, -0.1) is 0 Å². The van der Waals surface area contributed by atoms with Gasteiger partial charge in [0.25, 0.3) is 0 Å². The van der Waals surface area contributed by atoms with E-state index in [0.717, 1.165) is 42.7 Å². The minimum atomic E-state index is 0.155. The number of fused-ring (bicyclic) bond motifs is 2. The van der Waals surface area contributed by atoms with Crippen molar-refractivity contribution in [2.75, 3.05) is 19.8 Å². The number of carbonyl (C=O) groups is 1. The highest BCUT2D eigenvalue weighted by Gasteiger charge is 2.47. The molecule has 0 spiro atoms. The van der Waals surface area contributed by atoms with Gasteiger partial charge in [-0.2, -0.15) is 0 Å². The van der Waals surface area contributed by atoms with Gasteiger partial charge < -0.3 is 20.5 Å². The number of ether oxygens (including phenoxy) is 2.